The number of nitrogens with zero attached hydrogens (tertiary/aromatic N) is 2. The van der Waals surface area contributed by atoms with E-state index in [1.807, 2.05) is 0 Å². The van der Waals surface area contributed by atoms with Gasteiger partial charge in [0, 0.05) is 23.2 Å². The summed E-state index contributed by atoms with van der Waals surface area (Å²) in [6, 6.07) is 5.51. The van der Waals surface area contributed by atoms with Crippen molar-refractivity contribution in [3.05, 3.63) is 41.7 Å². The van der Waals surface area contributed by atoms with E-state index in [0.29, 0.717) is 23.2 Å². The zero-order valence-electron chi connectivity index (χ0n) is 11.4. The van der Waals surface area contributed by atoms with Crippen LogP contribution in [0.2, 0.25) is 0 Å². The van der Waals surface area contributed by atoms with Crippen LogP contribution in [0.15, 0.2) is 30.5 Å². The van der Waals surface area contributed by atoms with Gasteiger partial charge in [-0.25, -0.2) is 9.97 Å². The highest BCUT2D eigenvalue weighted by atomic mass is 35.5. The zero-order valence-corrected chi connectivity index (χ0v) is 12.2. The van der Waals surface area contributed by atoms with Crippen LogP contribution in [0.1, 0.15) is 30.0 Å². The molecule has 0 N–H and O–H groups in total. The first-order valence-corrected chi connectivity index (χ1v) is 7.27. The van der Waals surface area contributed by atoms with E-state index in [2.05, 4.69) is 14.7 Å². The molecule has 2 aromatic rings. The van der Waals surface area contributed by atoms with Crippen LogP contribution in [0.3, 0.4) is 0 Å². The van der Waals surface area contributed by atoms with E-state index in [9.17, 15) is 13.2 Å². The third kappa shape index (κ3) is 3.50. The second kappa shape index (κ2) is 5.76. The number of aromatic nitrogens is 2. The number of alkyl halides is 4. The van der Waals surface area contributed by atoms with Crippen LogP contribution in [0.5, 0.6) is 5.75 Å². The van der Waals surface area contributed by atoms with Gasteiger partial charge in [-0.15, -0.1) is 24.8 Å². The van der Waals surface area contributed by atoms with E-state index < -0.39 is 6.36 Å². The maximum atomic E-state index is 12.1. The number of benzene rings is 1. The van der Waals surface area contributed by atoms with E-state index in [1.54, 1.807) is 6.20 Å². The van der Waals surface area contributed by atoms with Gasteiger partial charge in [0.25, 0.3) is 0 Å². The second-order valence-electron chi connectivity index (χ2n) is 5.08. The van der Waals surface area contributed by atoms with Gasteiger partial charge >= 0.3 is 6.36 Å². The molecule has 1 saturated carbocycles. The number of ether oxygens (including phenoxy) is 1. The van der Waals surface area contributed by atoms with Crippen molar-refractivity contribution in [2.24, 2.45) is 0 Å². The van der Waals surface area contributed by atoms with Crippen molar-refractivity contribution in [2.75, 3.05) is 0 Å². The minimum absolute atomic E-state index is 0.268. The van der Waals surface area contributed by atoms with Crippen molar-refractivity contribution in [1.82, 2.24) is 9.97 Å². The first kappa shape index (κ1) is 15.1. The summed E-state index contributed by atoms with van der Waals surface area (Å²) in [5, 5.41) is 0. The Morgan fingerprint density at radius 1 is 1.18 bits per heavy atom. The number of hydrogen-bond donors (Lipinski definition) is 0. The predicted molar refractivity (Wildman–Crippen MR) is 75.7 cm³/mol. The molecular formula is C15H12ClF3N2O. The van der Waals surface area contributed by atoms with Gasteiger partial charge in [-0.3, -0.25) is 0 Å². The highest BCUT2D eigenvalue weighted by Crippen LogP contribution is 2.41. The van der Waals surface area contributed by atoms with Gasteiger partial charge in [0.2, 0.25) is 0 Å². The maximum absolute atomic E-state index is 12.1. The fourth-order valence-corrected chi connectivity index (χ4v) is 2.38. The van der Waals surface area contributed by atoms with Crippen LogP contribution in [-0.2, 0) is 5.88 Å². The van der Waals surface area contributed by atoms with Crippen molar-refractivity contribution < 1.29 is 17.9 Å². The summed E-state index contributed by atoms with van der Waals surface area (Å²) in [4.78, 5) is 8.76. The van der Waals surface area contributed by atoms with Crippen molar-refractivity contribution in [1.29, 1.82) is 0 Å². The van der Waals surface area contributed by atoms with E-state index in [-0.39, 0.29) is 5.75 Å². The largest absolute Gasteiger partial charge is 0.573 e. The molecule has 1 aliphatic carbocycles. The van der Waals surface area contributed by atoms with Crippen molar-refractivity contribution in [2.45, 2.75) is 31.0 Å². The number of rotatable bonds is 4. The van der Waals surface area contributed by atoms with Gasteiger partial charge in [0.05, 0.1) is 11.6 Å². The van der Waals surface area contributed by atoms with E-state index >= 15 is 0 Å². The Hall–Kier alpha value is -1.82. The second-order valence-corrected chi connectivity index (χ2v) is 5.35. The van der Waals surface area contributed by atoms with Crippen molar-refractivity contribution in [3.8, 4) is 17.1 Å². The first-order chi connectivity index (χ1) is 10.5. The zero-order chi connectivity index (χ0) is 15.7. The Morgan fingerprint density at radius 2 is 1.86 bits per heavy atom. The summed E-state index contributed by atoms with van der Waals surface area (Å²) >= 11 is 5.88. The number of hydrogen-bond acceptors (Lipinski definition) is 3. The van der Waals surface area contributed by atoms with Crippen LogP contribution in [0, 0.1) is 0 Å². The summed E-state index contributed by atoms with van der Waals surface area (Å²) in [7, 11) is 0. The van der Waals surface area contributed by atoms with Gasteiger partial charge in [0.15, 0.2) is 5.82 Å². The molecule has 1 aromatic carbocycles. The Labute approximate surface area is 130 Å². The summed E-state index contributed by atoms with van der Waals surface area (Å²) in [6.07, 6.45) is -0.848. The lowest BCUT2D eigenvalue weighted by Gasteiger charge is -2.10. The third-order valence-electron chi connectivity index (χ3n) is 3.35. The molecule has 0 unspecified atom stereocenters. The van der Waals surface area contributed by atoms with E-state index in [1.165, 1.54) is 24.3 Å². The standard InChI is InChI=1S/C15H12ClF3N2O/c16-7-11-8-20-14(21-13(11)9-1-2-9)10-3-5-12(6-4-10)22-15(17,18)19/h3-6,8-9H,1-2,7H2. The molecular weight excluding hydrogens is 317 g/mol. The minimum atomic E-state index is -4.70. The van der Waals surface area contributed by atoms with E-state index in [0.717, 1.165) is 24.1 Å². The highest BCUT2D eigenvalue weighted by molar-refractivity contribution is 6.17. The lowest BCUT2D eigenvalue weighted by Crippen LogP contribution is -2.16. The van der Waals surface area contributed by atoms with Gasteiger partial charge < -0.3 is 4.74 Å². The van der Waals surface area contributed by atoms with Gasteiger partial charge in [-0.1, -0.05) is 0 Å². The molecule has 116 valence electrons. The molecule has 1 fully saturated rings. The smallest absolute Gasteiger partial charge is 0.406 e. The van der Waals surface area contributed by atoms with Crippen LogP contribution < -0.4 is 4.74 Å². The summed E-state index contributed by atoms with van der Waals surface area (Å²) in [6.45, 7) is 0. The SMILES string of the molecule is FC(F)(F)Oc1ccc(-c2ncc(CCl)c(C3CC3)n2)cc1. The molecule has 22 heavy (non-hydrogen) atoms. The fraction of sp³-hybridized carbons (Fsp3) is 0.333. The molecule has 0 spiro atoms. The molecule has 0 amide bonds. The Balaban J connectivity index is 1.86. The van der Waals surface area contributed by atoms with Crippen LogP contribution in [0.25, 0.3) is 11.4 Å². The van der Waals surface area contributed by atoms with E-state index in [4.69, 9.17) is 11.6 Å². The summed E-state index contributed by atoms with van der Waals surface area (Å²) in [5.74, 6) is 0.985. The Bertz CT molecular complexity index is 669. The molecule has 7 heteroatoms. The topological polar surface area (TPSA) is 35.0 Å². The summed E-state index contributed by atoms with van der Waals surface area (Å²) in [5.41, 5.74) is 2.48. The van der Waals surface area contributed by atoms with Crippen LogP contribution in [0.4, 0.5) is 13.2 Å². The molecule has 1 aromatic heterocycles. The molecule has 1 aliphatic rings. The number of halogens is 4. The molecule has 0 atom stereocenters. The lowest BCUT2D eigenvalue weighted by atomic mass is 10.1. The highest BCUT2D eigenvalue weighted by Gasteiger charge is 2.31. The predicted octanol–water partition coefficient (Wildman–Crippen LogP) is 4.66. The lowest BCUT2D eigenvalue weighted by molar-refractivity contribution is -0.274. The van der Waals surface area contributed by atoms with Crippen LogP contribution in [-0.4, -0.2) is 16.3 Å². The van der Waals surface area contributed by atoms with Gasteiger partial charge in [-0.05, 0) is 37.1 Å². The maximum Gasteiger partial charge on any atom is 0.573 e. The average molecular weight is 329 g/mol. The summed E-state index contributed by atoms with van der Waals surface area (Å²) < 4.78 is 40.3. The third-order valence-corrected chi connectivity index (χ3v) is 3.64. The monoisotopic (exact) mass is 328 g/mol. The molecule has 1 heterocycles. The Kier molecular flexibility index (Phi) is 3.95. The molecule has 0 saturated heterocycles. The molecule has 0 radical (unpaired) electrons. The molecule has 0 bridgehead atoms. The average Bonchev–Trinajstić information content (AvgIpc) is 3.30. The molecule has 3 nitrogen and oxygen atoms in total. The van der Waals surface area contributed by atoms with Crippen molar-refractivity contribution in [3.63, 3.8) is 0 Å². The first-order valence-electron chi connectivity index (χ1n) is 6.74. The van der Waals surface area contributed by atoms with Gasteiger partial charge in [0.1, 0.15) is 5.75 Å². The minimum Gasteiger partial charge on any atom is -0.406 e. The Morgan fingerprint density at radius 3 is 2.41 bits per heavy atom. The quantitative estimate of drug-likeness (QED) is 0.766. The van der Waals surface area contributed by atoms with Crippen molar-refractivity contribution >= 4 is 11.6 Å². The fourth-order valence-electron chi connectivity index (χ4n) is 2.18. The normalized spacial score (nSPS) is 14.9. The van der Waals surface area contributed by atoms with Crippen LogP contribution >= 0.6 is 11.6 Å². The molecule has 3 rings (SSSR count). The molecule has 0 aliphatic heterocycles. The van der Waals surface area contributed by atoms with Gasteiger partial charge in [-0.2, -0.15) is 0 Å².